The van der Waals surface area contributed by atoms with Gasteiger partial charge in [-0.2, -0.15) is 0 Å². The third kappa shape index (κ3) is 2.69. The minimum Gasteiger partial charge on any atom is -0.383 e. The van der Waals surface area contributed by atoms with Gasteiger partial charge in [-0.05, 0) is 6.07 Å². The van der Waals surface area contributed by atoms with Crippen LogP contribution in [0.4, 0.5) is 11.5 Å². The van der Waals surface area contributed by atoms with Crippen molar-refractivity contribution in [2.24, 2.45) is 0 Å². The maximum Gasteiger partial charge on any atom is 0.127 e. The highest BCUT2D eigenvalue weighted by atomic mass is 15.4. The lowest BCUT2D eigenvalue weighted by atomic mass is 10.4. The summed E-state index contributed by atoms with van der Waals surface area (Å²) < 4.78 is 1.78. The van der Waals surface area contributed by atoms with Crippen molar-refractivity contribution in [1.29, 1.82) is 0 Å². The van der Waals surface area contributed by atoms with E-state index in [4.69, 9.17) is 0 Å². The molecule has 2 rings (SSSR count). The predicted molar refractivity (Wildman–Crippen MR) is 62.3 cm³/mol. The summed E-state index contributed by atoms with van der Waals surface area (Å²) in [6.45, 7) is 1.59. The van der Waals surface area contributed by atoms with Crippen molar-refractivity contribution in [1.82, 2.24) is 20.0 Å². The molecule has 0 bridgehead atoms. The number of rotatable bonds is 5. The number of nitrogens with one attached hydrogen (secondary N) is 2. The fourth-order valence-electron chi connectivity index (χ4n) is 1.34. The lowest BCUT2D eigenvalue weighted by Gasteiger charge is -2.07. The van der Waals surface area contributed by atoms with Crippen molar-refractivity contribution in [2.75, 3.05) is 24.2 Å². The van der Waals surface area contributed by atoms with Gasteiger partial charge in [-0.25, -0.2) is 4.98 Å². The molecule has 2 heterocycles. The van der Waals surface area contributed by atoms with E-state index < -0.39 is 0 Å². The van der Waals surface area contributed by atoms with E-state index >= 15 is 0 Å². The first-order valence-electron chi connectivity index (χ1n) is 5.10. The van der Waals surface area contributed by atoms with Gasteiger partial charge in [0.25, 0.3) is 0 Å². The standard InChI is InChI=1S/C10H14N6/c1-11-10-8-9(2-3-13-10)12-4-6-16-7-5-14-15-16/h2-3,5,7-8H,4,6H2,1H3,(H2,11,12,13). The zero-order chi connectivity index (χ0) is 11.2. The molecule has 6 heteroatoms. The normalized spacial score (nSPS) is 10.1. The zero-order valence-electron chi connectivity index (χ0n) is 9.09. The highest BCUT2D eigenvalue weighted by molar-refractivity contribution is 5.51. The highest BCUT2D eigenvalue weighted by Crippen LogP contribution is 2.10. The second kappa shape index (κ2) is 5.11. The Hall–Kier alpha value is -2.11. The molecule has 0 spiro atoms. The minimum atomic E-state index is 0.789. The van der Waals surface area contributed by atoms with Crippen LogP contribution in [0, 0.1) is 0 Å². The Morgan fingerprint density at radius 3 is 3.06 bits per heavy atom. The molecule has 84 valence electrons. The first-order valence-corrected chi connectivity index (χ1v) is 5.10. The predicted octanol–water partition coefficient (Wildman–Crippen LogP) is 0.827. The molecule has 0 fully saturated rings. The third-order valence-electron chi connectivity index (χ3n) is 2.16. The van der Waals surface area contributed by atoms with E-state index in [1.165, 1.54) is 0 Å². The van der Waals surface area contributed by atoms with E-state index in [1.54, 1.807) is 17.1 Å². The van der Waals surface area contributed by atoms with Crippen LogP contribution in [-0.2, 0) is 6.54 Å². The molecule has 16 heavy (non-hydrogen) atoms. The van der Waals surface area contributed by atoms with Gasteiger partial charge in [-0.1, -0.05) is 5.21 Å². The Balaban J connectivity index is 1.85. The van der Waals surface area contributed by atoms with E-state index in [0.29, 0.717) is 0 Å². The largest absolute Gasteiger partial charge is 0.383 e. The maximum atomic E-state index is 4.14. The Morgan fingerprint density at radius 2 is 2.31 bits per heavy atom. The van der Waals surface area contributed by atoms with Gasteiger partial charge in [-0.3, -0.25) is 4.68 Å². The molecule has 0 unspecified atom stereocenters. The molecule has 6 nitrogen and oxygen atoms in total. The molecule has 0 aliphatic rings. The average Bonchev–Trinajstić information content (AvgIpc) is 2.82. The Bertz CT molecular complexity index is 425. The molecular weight excluding hydrogens is 204 g/mol. The van der Waals surface area contributed by atoms with Gasteiger partial charge in [-0.15, -0.1) is 5.10 Å². The van der Waals surface area contributed by atoms with Crippen LogP contribution in [0.15, 0.2) is 30.7 Å². The maximum absolute atomic E-state index is 4.14. The van der Waals surface area contributed by atoms with Crippen LogP contribution >= 0.6 is 0 Å². The molecule has 0 atom stereocenters. The average molecular weight is 218 g/mol. The summed E-state index contributed by atoms with van der Waals surface area (Å²) in [5.74, 6) is 0.853. The van der Waals surface area contributed by atoms with Gasteiger partial charge in [0.15, 0.2) is 0 Å². The van der Waals surface area contributed by atoms with Crippen LogP contribution in [0.2, 0.25) is 0 Å². The Labute approximate surface area is 93.7 Å². The first-order chi connectivity index (χ1) is 7.88. The van der Waals surface area contributed by atoms with Gasteiger partial charge in [0, 0.05) is 37.7 Å². The van der Waals surface area contributed by atoms with Gasteiger partial charge in [0.2, 0.25) is 0 Å². The second-order valence-electron chi connectivity index (χ2n) is 3.27. The van der Waals surface area contributed by atoms with Crippen molar-refractivity contribution in [2.45, 2.75) is 6.54 Å². The quantitative estimate of drug-likeness (QED) is 0.778. The van der Waals surface area contributed by atoms with E-state index in [0.717, 1.165) is 24.6 Å². The summed E-state index contributed by atoms with van der Waals surface area (Å²) in [5, 5.41) is 13.9. The number of aromatic nitrogens is 4. The lowest BCUT2D eigenvalue weighted by Crippen LogP contribution is -2.11. The molecule has 0 aromatic carbocycles. The van der Waals surface area contributed by atoms with Crippen molar-refractivity contribution in [3.63, 3.8) is 0 Å². The summed E-state index contributed by atoms with van der Waals surface area (Å²) in [7, 11) is 1.85. The Morgan fingerprint density at radius 1 is 1.38 bits per heavy atom. The van der Waals surface area contributed by atoms with Gasteiger partial charge >= 0.3 is 0 Å². The molecule has 0 aliphatic carbocycles. The fourth-order valence-corrected chi connectivity index (χ4v) is 1.34. The van der Waals surface area contributed by atoms with Crippen molar-refractivity contribution in [3.8, 4) is 0 Å². The van der Waals surface area contributed by atoms with Gasteiger partial charge in [0.1, 0.15) is 5.82 Å². The number of pyridine rings is 1. The monoisotopic (exact) mass is 218 g/mol. The molecule has 0 radical (unpaired) electrons. The first kappa shape index (κ1) is 10.4. The van der Waals surface area contributed by atoms with Crippen LogP contribution in [0.25, 0.3) is 0 Å². The number of hydrogen-bond acceptors (Lipinski definition) is 5. The smallest absolute Gasteiger partial charge is 0.127 e. The van der Waals surface area contributed by atoms with E-state index in [-0.39, 0.29) is 0 Å². The minimum absolute atomic E-state index is 0.789. The Kier molecular flexibility index (Phi) is 3.32. The van der Waals surface area contributed by atoms with Crippen LogP contribution < -0.4 is 10.6 Å². The number of anilines is 2. The highest BCUT2D eigenvalue weighted by Gasteiger charge is 1.95. The molecular formula is C10H14N6. The zero-order valence-corrected chi connectivity index (χ0v) is 9.09. The SMILES string of the molecule is CNc1cc(NCCn2ccnn2)ccn1. The van der Waals surface area contributed by atoms with Crippen molar-refractivity contribution < 1.29 is 0 Å². The van der Waals surface area contributed by atoms with Crippen LogP contribution in [0.5, 0.6) is 0 Å². The molecule has 2 aromatic rings. The summed E-state index contributed by atoms with van der Waals surface area (Å²) in [4.78, 5) is 4.14. The second-order valence-corrected chi connectivity index (χ2v) is 3.27. The van der Waals surface area contributed by atoms with Crippen LogP contribution in [0.1, 0.15) is 0 Å². The van der Waals surface area contributed by atoms with Gasteiger partial charge in [0.05, 0.1) is 12.7 Å². The summed E-state index contributed by atoms with van der Waals surface area (Å²) in [5.41, 5.74) is 1.04. The third-order valence-corrected chi connectivity index (χ3v) is 2.16. The molecule has 2 aromatic heterocycles. The molecule has 0 amide bonds. The summed E-state index contributed by atoms with van der Waals surface area (Å²) >= 11 is 0. The van der Waals surface area contributed by atoms with E-state index in [9.17, 15) is 0 Å². The molecule has 0 saturated heterocycles. The van der Waals surface area contributed by atoms with Crippen molar-refractivity contribution >= 4 is 11.5 Å². The topological polar surface area (TPSA) is 67.7 Å². The van der Waals surface area contributed by atoms with Crippen LogP contribution in [-0.4, -0.2) is 33.6 Å². The van der Waals surface area contributed by atoms with Crippen molar-refractivity contribution in [3.05, 3.63) is 30.7 Å². The molecule has 2 N–H and O–H groups in total. The van der Waals surface area contributed by atoms with E-state index in [2.05, 4.69) is 25.9 Å². The van der Waals surface area contributed by atoms with Crippen LogP contribution in [0.3, 0.4) is 0 Å². The molecule has 0 aliphatic heterocycles. The summed E-state index contributed by atoms with van der Waals surface area (Å²) in [6, 6.07) is 3.89. The van der Waals surface area contributed by atoms with Gasteiger partial charge < -0.3 is 10.6 Å². The summed E-state index contributed by atoms with van der Waals surface area (Å²) in [6.07, 6.45) is 5.28. The fraction of sp³-hybridized carbons (Fsp3) is 0.300. The van der Waals surface area contributed by atoms with E-state index in [1.807, 2.05) is 25.4 Å². The lowest BCUT2D eigenvalue weighted by molar-refractivity contribution is 0.609. The molecule has 0 saturated carbocycles. The number of hydrogen-bond donors (Lipinski definition) is 2. The number of nitrogens with zero attached hydrogens (tertiary/aromatic N) is 4.